The van der Waals surface area contributed by atoms with Gasteiger partial charge < -0.3 is 19.1 Å². The summed E-state index contributed by atoms with van der Waals surface area (Å²) in [7, 11) is 0. The zero-order valence-electron chi connectivity index (χ0n) is 14.7. The van der Waals surface area contributed by atoms with Crippen molar-refractivity contribution in [3.8, 4) is 11.3 Å². The lowest BCUT2D eigenvalue weighted by molar-refractivity contribution is -0.305. The summed E-state index contributed by atoms with van der Waals surface area (Å²) < 4.78 is 10.8. The molecule has 1 amide bonds. The van der Waals surface area contributed by atoms with Gasteiger partial charge in [0, 0.05) is 11.6 Å². The Kier molecular flexibility index (Phi) is 5.96. The first-order chi connectivity index (χ1) is 13.4. The van der Waals surface area contributed by atoms with Crippen molar-refractivity contribution in [2.24, 2.45) is 0 Å². The monoisotopic (exact) mass is 416 g/mol. The molecule has 0 spiro atoms. The lowest BCUT2D eigenvalue weighted by atomic mass is 10.1. The molecule has 28 heavy (non-hydrogen) atoms. The van der Waals surface area contributed by atoms with Crippen LogP contribution in [0.5, 0.6) is 0 Å². The molecule has 7 nitrogen and oxygen atoms in total. The van der Waals surface area contributed by atoms with Crippen molar-refractivity contribution < 1.29 is 28.6 Å². The third-order valence-electron chi connectivity index (χ3n) is 3.74. The van der Waals surface area contributed by atoms with E-state index < -0.39 is 24.4 Å². The molecule has 0 N–H and O–H groups in total. The number of hydrogen-bond acceptors (Lipinski definition) is 8. The number of carboxylic acid groups (broad SMARTS) is 1. The fourth-order valence-corrected chi connectivity index (χ4v) is 3.70. The Morgan fingerprint density at radius 1 is 1.25 bits per heavy atom. The number of thiocarbonyl (C=S) groups is 1. The molecule has 2 heterocycles. The minimum absolute atomic E-state index is 0.154. The van der Waals surface area contributed by atoms with E-state index in [1.165, 1.54) is 6.08 Å². The summed E-state index contributed by atoms with van der Waals surface area (Å²) in [6.45, 7) is 1.46. The first-order valence-corrected chi connectivity index (χ1v) is 9.44. The van der Waals surface area contributed by atoms with Crippen LogP contribution >= 0.6 is 24.0 Å². The molecular formula is C19H14NO6S2-. The number of rotatable bonds is 6. The Bertz CT molecular complexity index is 977. The smallest absolute Gasteiger partial charge is 0.338 e. The molecule has 1 aromatic carbocycles. The Balaban J connectivity index is 1.76. The summed E-state index contributed by atoms with van der Waals surface area (Å²) in [5.74, 6) is -1.32. The molecule has 0 aliphatic carbocycles. The van der Waals surface area contributed by atoms with Gasteiger partial charge in [0.2, 0.25) is 0 Å². The van der Waals surface area contributed by atoms with E-state index >= 15 is 0 Å². The molecule has 0 atom stereocenters. The van der Waals surface area contributed by atoms with E-state index in [2.05, 4.69) is 0 Å². The normalized spacial score (nSPS) is 15.3. The van der Waals surface area contributed by atoms with Crippen LogP contribution in [0.3, 0.4) is 0 Å². The second kappa shape index (κ2) is 8.41. The van der Waals surface area contributed by atoms with Gasteiger partial charge in [0.25, 0.3) is 5.91 Å². The van der Waals surface area contributed by atoms with Crippen molar-refractivity contribution >= 4 is 52.2 Å². The minimum Gasteiger partial charge on any atom is -0.548 e. The number of thioether (sulfide) groups is 1. The quantitative estimate of drug-likeness (QED) is 0.401. The van der Waals surface area contributed by atoms with Gasteiger partial charge in [-0.3, -0.25) is 9.69 Å². The Morgan fingerprint density at radius 3 is 2.61 bits per heavy atom. The summed E-state index contributed by atoms with van der Waals surface area (Å²) in [6.07, 6.45) is 1.51. The molecule has 3 rings (SSSR count). The van der Waals surface area contributed by atoms with Gasteiger partial charge in [0.05, 0.1) is 29.6 Å². The van der Waals surface area contributed by atoms with E-state index in [0.717, 1.165) is 22.2 Å². The number of nitrogens with zero attached hydrogens (tertiary/aromatic N) is 1. The van der Waals surface area contributed by atoms with Gasteiger partial charge in [-0.1, -0.05) is 36.1 Å². The molecule has 1 aromatic heterocycles. The van der Waals surface area contributed by atoms with Crippen molar-refractivity contribution in [1.82, 2.24) is 4.90 Å². The van der Waals surface area contributed by atoms with E-state index in [9.17, 15) is 19.5 Å². The molecule has 1 fully saturated rings. The summed E-state index contributed by atoms with van der Waals surface area (Å²) >= 11 is 6.03. The van der Waals surface area contributed by atoms with E-state index in [1.54, 1.807) is 43.3 Å². The lowest BCUT2D eigenvalue weighted by Gasteiger charge is -2.14. The van der Waals surface area contributed by atoms with Crippen molar-refractivity contribution in [2.75, 3.05) is 13.2 Å². The molecule has 2 aromatic rings. The fraction of sp³-hybridized carbons (Fsp3) is 0.158. The molecule has 0 unspecified atom stereocenters. The molecular weight excluding hydrogens is 402 g/mol. The van der Waals surface area contributed by atoms with Gasteiger partial charge in [0.1, 0.15) is 15.8 Å². The maximum absolute atomic E-state index is 12.3. The Morgan fingerprint density at radius 2 is 1.96 bits per heavy atom. The van der Waals surface area contributed by atoms with Crippen molar-refractivity contribution in [2.45, 2.75) is 6.92 Å². The van der Waals surface area contributed by atoms with Crippen LogP contribution in [-0.4, -0.2) is 40.2 Å². The molecule has 0 radical (unpaired) electrons. The highest BCUT2D eigenvalue weighted by atomic mass is 32.2. The topological polar surface area (TPSA) is 99.9 Å². The standard InChI is InChI=1S/C19H15NO6S2/c1-2-25-18(24)12-5-3-11(4-6-12)14-8-7-13(26-14)9-15-17(23)20(10-16(21)22)19(27)28-15/h3-9H,2,10H2,1H3,(H,21,22)/p-1/b15-9-. The van der Waals surface area contributed by atoms with E-state index in [-0.39, 0.29) is 9.23 Å². The van der Waals surface area contributed by atoms with Crippen LogP contribution in [0.25, 0.3) is 17.4 Å². The third-order valence-corrected chi connectivity index (χ3v) is 5.12. The summed E-state index contributed by atoms with van der Waals surface area (Å²) in [4.78, 5) is 35.9. The average molecular weight is 416 g/mol. The molecule has 9 heteroatoms. The molecule has 1 saturated heterocycles. The third kappa shape index (κ3) is 4.32. The fourth-order valence-electron chi connectivity index (χ4n) is 2.47. The lowest BCUT2D eigenvalue weighted by Crippen LogP contribution is -2.40. The van der Waals surface area contributed by atoms with Crippen LogP contribution in [0.1, 0.15) is 23.0 Å². The predicted molar refractivity (Wildman–Crippen MR) is 105 cm³/mol. The number of aliphatic carboxylic acids is 1. The zero-order chi connectivity index (χ0) is 20.3. The van der Waals surface area contributed by atoms with E-state index in [0.29, 0.717) is 23.7 Å². The highest BCUT2D eigenvalue weighted by Gasteiger charge is 2.32. The maximum atomic E-state index is 12.3. The van der Waals surface area contributed by atoms with E-state index in [4.69, 9.17) is 21.4 Å². The van der Waals surface area contributed by atoms with Crippen LogP contribution in [-0.2, 0) is 14.3 Å². The average Bonchev–Trinajstić information content (AvgIpc) is 3.22. The van der Waals surface area contributed by atoms with Crippen LogP contribution in [0.4, 0.5) is 0 Å². The van der Waals surface area contributed by atoms with Crippen LogP contribution in [0.2, 0.25) is 0 Å². The van der Waals surface area contributed by atoms with Crippen molar-refractivity contribution in [3.05, 3.63) is 52.6 Å². The number of esters is 1. The Hall–Kier alpha value is -2.91. The molecule has 0 bridgehead atoms. The number of carbonyl (C=O) groups is 3. The Labute approximate surface area is 170 Å². The molecule has 144 valence electrons. The first-order valence-electron chi connectivity index (χ1n) is 8.21. The van der Waals surface area contributed by atoms with Crippen molar-refractivity contribution in [3.63, 3.8) is 0 Å². The molecule has 0 saturated carbocycles. The van der Waals surface area contributed by atoms with Crippen molar-refractivity contribution in [1.29, 1.82) is 0 Å². The van der Waals surface area contributed by atoms with Gasteiger partial charge >= 0.3 is 5.97 Å². The highest BCUT2D eigenvalue weighted by Crippen LogP contribution is 2.33. The number of carbonyl (C=O) groups excluding carboxylic acids is 3. The van der Waals surface area contributed by atoms with Gasteiger partial charge in [0.15, 0.2) is 0 Å². The van der Waals surface area contributed by atoms with Crippen LogP contribution in [0.15, 0.2) is 45.7 Å². The van der Waals surface area contributed by atoms with Gasteiger partial charge in [-0.2, -0.15) is 0 Å². The number of carboxylic acids is 1. The summed E-state index contributed by atoms with van der Waals surface area (Å²) in [6, 6.07) is 10.1. The minimum atomic E-state index is -1.39. The zero-order valence-corrected chi connectivity index (χ0v) is 16.3. The maximum Gasteiger partial charge on any atom is 0.338 e. The summed E-state index contributed by atoms with van der Waals surface area (Å²) in [5.41, 5.74) is 1.19. The molecule has 1 aliphatic heterocycles. The van der Waals surface area contributed by atoms with Crippen LogP contribution in [0, 0.1) is 0 Å². The second-order valence-corrected chi connectivity index (χ2v) is 7.32. The number of amides is 1. The predicted octanol–water partition coefficient (Wildman–Crippen LogP) is 2.07. The highest BCUT2D eigenvalue weighted by molar-refractivity contribution is 8.26. The SMILES string of the molecule is CCOC(=O)c1ccc(-c2ccc(/C=C3\SC(=S)N(CC(=O)[O-])C3=O)o2)cc1. The first kappa shape index (κ1) is 19.8. The van der Waals surface area contributed by atoms with E-state index in [1.807, 2.05) is 0 Å². The number of ether oxygens (including phenoxy) is 1. The largest absolute Gasteiger partial charge is 0.548 e. The molecule has 1 aliphatic rings. The number of furan rings is 1. The number of benzene rings is 1. The number of hydrogen-bond donors (Lipinski definition) is 0. The summed E-state index contributed by atoms with van der Waals surface area (Å²) in [5, 5.41) is 10.7. The van der Waals surface area contributed by atoms with Gasteiger partial charge in [-0.25, -0.2) is 4.79 Å². The second-order valence-electron chi connectivity index (χ2n) is 5.64. The van der Waals surface area contributed by atoms with Crippen LogP contribution < -0.4 is 5.11 Å². The van der Waals surface area contributed by atoms with Gasteiger partial charge in [-0.05, 0) is 31.2 Å². The van der Waals surface area contributed by atoms with Gasteiger partial charge in [-0.15, -0.1) is 0 Å².